The normalized spacial score (nSPS) is 14.3. The van der Waals surface area contributed by atoms with E-state index in [0.717, 1.165) is 27.4 Å². The van der Waals surface area contributed by atoms with Crippen molar-refractivity contribution in [2.24, 2.45) is 0 Å². The van der Waals surface area contributed by atoms with Gasteiger partial charge in [0.05, 0.1) is 10.2 Å². The predicted molar refractivity (Wildman–Crippen MR) is 80.5 cm³/mol. The molecule has 1 aliphatic carbocycles. The second-order valence-electron chi connectivity index (χ2n) is 5.02. The number of hydrogen-bond acceptors (Lipinski definition) is 3. The van der Waals surface area contributed by atoms with Crippen LogP contribution in [0.1, 0.15) is 35.8 Å². The number of halogens is 2. The number of nitrogens with one attached hydrogen (secondary N) is 1. The van der Waals surface area contributed by atoms with Crippen LogP contribution in [-0.4, -0.2) is 17.0 Å². The summed E-state index contributed by atoms with van der Waals surface area (Å²) in [6.07, 6.45) is 2.99. The van der Waals surface area contributed by atoms with Crippen LogP contribution in [0.3, 0.4) is 0 Å². The van der Waals surface area contributed by atoms with Gasteiger partial charge in [0.1, 0.15) is 17.5 Å². The van der Waals surface area contributed by atoms with Gasteiger partial charge in [-0.2, -0.15) is 0 Å². The Hall–Kier alpha value is -1.49. The van der Waals surface area contributed by atoms with E-state index in [2.05, 4.69) is 31.2 Å². The summed E-state index contributed by atoms with van der Waals surface area (Å²) in [6.45, 7) is 0. The predicted octanol–water partition coefficient (Wildman–Crippen LogP) is 3.89. The van der Waals surface area contributed by atoms with Crippen molar-refractivity contribution >= 4 is 21.7 Å². The Morgan fingerprint density at radius 3 is 2.55 bits per heavy atom. The van der Waals surface area contributed by atoms with Gasteiger partial charge in [-0.3, -0.25) is 0 Å². The molecule has 3 rings (SSSR count). The Labute approximate surface area is 125 Å². The Morgan fingerprint density at radius 1 is 1.25 bits per heavy atom. The minimum Gasteiger partial charge on any atom is -0.372 e. The zero-order chi connectivity index (χ0) is 14.1. The van der Waals surface area contributed by atoms with Crippen LogP contribution in [-0.2, 0) is 6.42 Å². The zero-order valence-electron chi connectivity index (χ0n) is 11.2. The summed E-state index contributed by atoms with van der Waals surface area (Å²) in [5.41, 5.74) is 2.10. The Morgan fingerprint density at radius 2 is 1.95 bits per heavy atom. The van der Waals surface area contributed by atoms with Crippen LogP contribution in [0.25, 0.3) is 0 Å². The molecule has 1 heterocycles. The number of nitrogens with zero attached hydrogens (tertiary/aromatic N) is 2. The molecule has 1 saturated carbocycles. The zero-order valence-corrected chi connectivity index (χ0v) is 12.7. The molecule has 1 aromatic carbocycles. The molecule has 0 unspecified atom stereocenters. The molecule has 0 saturated heterocycles. The molecular weight excluding hydrogens is 321 g/mol. The average Bonchev–Trinajstić information content (AvgIpc) is 3.27. The molecule has 20 heavy (non-hydrogen) atoms. The van der Waals surface area contributed by atoms with E-state index in [0.29, 0.717) is 12.3 Å². The van der Waals surface area contributed by atoms with Crippen LogP contribution >= 0.6 is 15.9 Å². The van der Waals surface area contributed by atoms with Crippen molar-refractivity contribution in [3.05, 3.63) is 51.6 Å². The maximum Gasteiger partial charge on any atom is 0.144 e. The van der Waals surface area contributed by atoms with Crippen molar-refractivity contribution in [1.29, 1.82) is 0 Å². The maximum absolute atomic E-state index is 12.9. The maximum atomic E-state index is 12.9. The highest BCUT2D eigenvalue weighted by molar-refractivity contribution is 9.10. The Kier molecular flexibility index (Phi) is 3.70. The molecular formula is C15H15BrFN3. The molecule has 1 N–H and O–H groups in total. The lowest BCUT2D eigenvalue weighted by molar-refractivity contribution is 0.627. The first-order valence-corrected chi connectivity index (χ1v) is 7.45. The van der Waals surface area contributed by atoms with E-state index in [9.17, 15) is 4.39 Å². The molecule has 0 radical (unpaired) electrons. The largest absolute Gasteiger partial charge is 0.372 e. The van der Waals surface area contributed by atoms with Crippen LogP contribution in [0.5, 0.6) is 0 Å². The lowest BCUT2D eigenvalue weighted by atomic mass is 10.1. The fourth-order valence-corrected chi connectivity index (χ4v) is 2.87. The summed E-state index contributed by atoms with van der Waals surface area (Å²) in [7, 11) is 1.85. The first-order chi connectivity index (χ1) is 9.67. The van der Waals surface area contributed by atoms with Gasteiger partial charge in [0, 0.05) is 19.4 Å². The molecule has 0 amide bonds. The molecule has 1 fully saturated rings. The van der Waals surface area contributed by atoms with Gasteiger partial charge in [-0.05, 0) is 46.5 Å². The number of benzene rings is 1. The van der Waals surface area contributed by atoms with Crippen LogP contribution in [0, 0.1) is 5.82 Å². The van der Waals surface area contributed by atoms with Gasteiger partial charge < -0.3 is 5.32 Å². The summed E-state index contributed by atoms with van der Waals surface area (Å²) in [5.74, 6) is 1.91. The fraction of sp³-hybridized carbons (Fsp3) is 0.333. The second-order valence-corrected chi connectivity index (χ2v) is 5.81. The number of hydrogen-bond donors (Lipinski definition) is 1. The van der Waals surface area contributed by atoms with Crippen LogP contribution in [0.15, 0.2) is 28.7 Å². The molecule has 5 heteroatoms. The van der Waals surface area contributed by atoms with Crippen molar-refractivity contribution in [1.82, 2.24) is 9.97 Å². The Bertz CT molecular complexity index is 624. The van der Waals surface area contributed by atoms with E-state index in [-0.39, 0.29) is 5.82 Å². The molecule has 0 aliphatic heterocycles. The van der Waals surface area contributed by atoms with Crippen molar-refractivity contribution in [3.63, 3.8) is 0 Å². The van der Waals surface area contributed by atoms with E-state index in [1.165, 1.54) is 25.0 Å². The van der Waals surface area contributed by atoms with Crippen molar-refractivity contribution in [2.45, 2.75) is 25.2 Å². The summed E-state index contributed by atoms with van der Waals surface area (Å²) < 4.78 is 13.9. The standard InChI is InChI=1S/C15H15BrFN3/c1-18-15-13(16)14(10-4-5-10)19-12(20-15)8-9-2-6-11(17)7-3-9/h2-3,6-7,10H,4-5,8H2,1H3,(H,18,19,20). The average molecular weight is 336 g/mol. The van der Waals surface area contributed by atoms with E-state index in [1.807, 2.05) is 7.05 Å². The first-order valence-electron chi connectivity index (χ1n) is 6.66. The molecule has 3 nitrogen and oxygen atoms in total. The van der Waals surface area contributed by atoms with E-state index < -0.39 is 0 Å². The molecule has 0 atom stereocenters. The molecule has 2 aromatic rings. The molecule has 1 aliphatic rings. The number of anilines is 1. The van der Waals surface area contributed by atoms with Crippen LogP contribution in [0.4, 0.5) is 10.2 Å². The van der Waals surface area contributed by atoms with Gasteiger partial charge in [0.25, 0.3) is 0 Å². The minimum absolute atomic E-state index is 0.222. The van der Waals surface area contributed by atoms with Gasteiger partial charge in [-0.1, -0.05) is 12.1 Å². The third kappa shape index (κ3) is 2.82. The SMILES string of the molecule is CNc1nc(Cc2ccc(F)cc2)nc(C2CC2)c1Br. The number of aromatic nitrogens is 2. The molecule has 104 valence electrons. The Balaban J connectivity index is 1.92. The quantitative estimate of drug-likeness (QED) is 0.921. The van der Waals surface area contributed by atoms with Gasteiger partial charge in [-0.25, -0.2) is 14.4 Å². The summed E-state index contributed by atoms with van der Waals surface area (Å²) in [5, 5.41) is 3.10. The first kappa shape index (κ1) is 13.5. The van der Waals surface area contributed by atoms with E-state index in [1.54, 1.807) is 12.1 Å². The van der Waals surface area contributed by atoms with Crippen LogP contribution in [0.2, 0.25) is 0 Å². The molecule has 1 aromatic heterocycles. The summed E-state index contributed by atoms with van der Waals surface area (Å²) in [6, 6.07) is 6.48. The highest BCUT2D eigenvalue weighted by Gasteiger charge is 2.29. The monoisotopic (exact) mass is 335 g/mol. The second kappa shape index (κ2) is 5.48. The minimum atomic E-state index is -0.222. The molecule has 0 spiro atoms. The van der Waals surface area contributed by atoms with Crippen molar-refractivity contribution in [2.75, 3.05) is 12.4 Å². The van der Waals surface area contributed by atoms with Crippen molar-refractivity contribution in [3.8, 4) is 0 Å². The molecule has 0 bridgehead atoms. The van der Waals surface area contributed by atoms with Crippen molar-refractivity contribution < 1.29 is 4.39 Å². The lowest BCUT2D eigenvalue weighted by Gasteiger charge is -2.10. The fourth-order valence-electron chi connectivity index (χ4n) is 2.17. The van der Waals surface area contributed by atoms with E-state index >= 15 is 0 Å². The van der Waals surface area contributed by atoms with Gasteiger partial charge in [0.15, 0.2) is 0 Å². The van der Waals surface area contributed by atoms with Crippen LogP contribution < -0.4 is 5.32 Å². The van der Waals surface area contributed by atoms with E-state index in [4.69, 9.17) is 0 Å². The topological polar surface area (TPSA) is 37.8 Å². The van der Waals surface area contributed by atoms with Gasteiger partial charge in [-0.15, -0.1) is 0 Å². The third-order valence-electron chi connectivity index (χ3n) is 3.40. The van der Waals surface area contributed by atoms with Gasteiger partial charge in [0.2, 0.25) is 0 Å². The third-order valence-corrected chi connectivity index (χ3v) is 4.18. The highest BCUT2D eigenvalue weighted by atomic mass is 79.9. The van der Waals surface area contributed by atoms with Gasteiger partial charge >= 0.3 is 0 Å². The summed E-state index contributed by atoms with van der Waals surface area (Å²) in [4.78, 5) is 9.19. The summed E-state index contributed by atoms with van der Waals surface area (Å²) >= 11 is 3.57. The number of rotatable bonds is 4. The highest BCUT2D eigenvalue weighted by Crippen LogP contribution is 2.43. The lowest BCUT2D eigenvalue weighted by Crippen LogP contribution is -2.06. The smallest absolute Gasteiger partial charge is 0.144 e.